The second-order valence-corrected chi connectivity index (χ2v) is 7.09. The topological polar surface area (TPSA) is 74.7 Å². The minimum Gasteiger partial charge on any atom is -0.478 e. The van der Waals surface area contributed by atoms with Crippen molar-refractivity contribution >= 4 is 38.6 Å². The molecule has 0 bridgehead atoms. The number of alkyl halides is 3. The van der Waals surface area contributed by atoms with Crippen molar-refractivity contribution < 1.29 is 31.5 Å². The van der Waals surface area contributed by atoms with E-state index < -0.39 is 33.6 Å². The van der Waals surface area contributed by atoms with E-state index in [2.05, 4.69) is 0 Å². The lowest BCUT2D eigenvalue weighted by atomic mass is 10.2. The molecule has 1 aromatic rings. The summed E-state index contributed by atoms with van der Waals surface area (Å²) in [7, 11) is -4.41. The van der Waals surface area contributed by atoms with Gasteiger partial charge in [0, 0.05) is 10.1 Å². The molecule has 0 unspecified atom stereocenters. The van der Waals surface area contributed by atoms with Crippen molar-refractivity contribution in [2.45, 2.75) is 18.0 Å². The van der Waals surface area contributed by atoms with Crippen LogP contribution < -0.4 is 0 Å². The molecule has 0 aliphatic carbocycles. The number of halogens is 4. The maximum absolute atomic E-state index is 12.4. The third-order valence-electron chi connectivity index (χ3n) is 2.51. The van der Waals surface area contributed by atoms with Crippen LogP contribution in [0, 0.1) is 3.57 Å². The lowest BCUT2D eigenvalue weighted by Crippen LogP contribution is -2.38. The van der Waals surface area contributed by atoms with E-state index in [1.165, 1.54) is 13.0 Å². The fourth-order valence-corrected chi connectivity index (χ4v) is 3.57. The van der Waals surface area contributed by atoms with Crippen LogP contribution >= 0.6 is 22.6 Å². The molecule has 0 radical (unpaired) electrons. The molecule has 0 saturated heterocycles. The molecular weight excluding hydrogens is 426 g/mol. The Morgan fingerprint density at radius 1 is 1.38 bits per heavy atom. The minimum atomic E-state index is -4.68. The molecule has 21 heavy (non-hydrogen) atoms. The van der Waals surface area contributed by atoms with Gasteiger partial charge in [-0.25, -0.2) is 13.2 Å². The van der Waals surface area contributed by atoms with Gasteiger partial charge in [0.1, 0.15) is 6.54 Å². The quantitative estimate of drug-likeness (QED) is 0.719. The van der Waals surface area contributed by atoms with Crippen LogP contribution in [0.5, 0.6) is 0 Å². The number of benzene rings is 1. The number of hydrogen-bond donors (Lipinski definition) is 1. The molecular formula is C11H11F3INO4S. The summed E-state index contributed by atoms with van der Waals surface area (Å²) in [5.41, 5.74) is -0.278. The molecule has 0 saturated carbocycles. The summed E-state index contributed by atoms with van der Waals surface area (Å²) < 4.78 is 62.1. The number of sulfonamides is 1. The molecule has 0 atom stereocenters. The van der Waals surface area contributed by atoms with Crippen LogP contribution in [0.25, 0.3) is 0 Å². The van der Waals surface area contributed by atoms with Crippen LogP contribution in [-0.4, -0.2) is 43.1 Å². The summed E-state index contributed by atoms with van der Waals surface area (Å²) in [6, 6.07) is 3.18. The van der Waals surface area contributed by atoms with Crippen LogP contribution in [0.4, 0.5) is 13.2 Å². The van der Waals surface area contributed by atoms with Crippen LogP contribution in [-0.2, 0) is 10.0 Å². The Hall–Kier alpha value is -0.880. The highest BCUT2D eigenvalue weighted by Crippen LogP contribution is 2.24. The second-order valence-electron chi connectivity index (χ2n) is 3.99. The Bertz CT molecular complexity index is 645. The Kier molecular flexibility index (Phi) is 5.61. The third-order valence-corrected chi connectivity index (χ3v) is 5.37. The first-order valence-corrected chi connectivity index (χ1v) is 8.10. The second kappa shape index (κ2) is 6.48. The number of carboxylic acids is 1. The average molecular weight is 437 g/mol. The van der Waals surface area contributed by atoms with Crippen molar-refractivity contribution in [3.63, 3.8) is 0 Å². The smallest absolute Gasteiger partial charge is 0.402 e. The molecule has 0 spiro atoms. The van der Waals surface area contributed by atoms with Crippen LogP contribution in [0.15, 0.2) is 23.1 Å². The first-order valence-electron chi connectivity index (χ1n) is 5.58. The number of nitrogens with zero attached hydrogens (tertiary/aromatic N) is 1. The van der Waals surface area contributed by atoms with Gasteiger partial charge in [-0.05, 0) is 40.8 Å². The highest BCUT2D eigenvalue weighted by Gasteiger charge is 2.36. The summed E-state index contributed by atoms with van der Waals surface area (Å²) in [6.45, 7) is -0.732. The molecule has 1 aromatic carbocycles. The summed E-state index contributed by atoms with van der Waals surface area (Å²) in [6.07, 6.45) is -4.68. The highest BCUT2D eigenvalue weighted by atomic mass is 127. The summed E-state index contributed by atoms with van der Waals surface area (Å²) in [5.74, 6) is -1.35. The van der Waals surface area contributed by atoms with Crippen LogP contribution in [0.3, 0.4) is 0 Å². The normalized spacial score (nSPS) is 12.7. The van der Waals surface area contributed by atoms with Gasteiger partial charge in [0.15, 0.2) is 0 Å². The molecule has 118 valence electrons. The average Bonchev–Trinajstić information content (AvgIpc) is 2.34. The zero-order valence-electron chi connectivity index (χ0n) is 10.7. The van der Waals surface area contributed by atoms with Gasteiger partial charge in [-0.2, -0.15) is 17.5 Å². The van der Waals surface area contributed by atoms with Gasteiger partial charge in [0.05, 0.1) is 10.5 Å². The van der Waals surface area contributed by atoms with E-state index in [0.717, 1.165) is 12.1 Å². The Balaban J connectivity index is 3.29. The Morgan fingerprint density at radius 3 is 2.38 bits per heavy atom. The lowest BCUT2D eigenvalue weighted by Gasteiger charge is -2.22. The Morgan fingerprint density at radius 2 is 1.95 bits per heavy atom. The molecule has 0 amide bonds. The number of hydrogen-bond acceptors (Lipinski definition) is 3. The molecule has 0 fully saturated rings. The van der Waals surface area contributed by atoms with E-state index in [9.17, 15) is 26.4 Å². The zero-order chi connectivity index (χ0) is 16.4. The SMILES string of the molecule is CCN(CC(F)(F)F)S(=O)(=O)c1ccc(I)c(C(=O)O)c1. The van der Waals surface area contributed by atoms with Gasteiger partial charge in [0.2, 0.25) is 10.0 Å². The van der Waals surface area contributed by atoms with E-state index in [-0.39, 0.29) is 20.0 Å². The van der Waals surface area contributed by atoms with Crippen molar-refractivity contribution in [1.29, 1.82) is 0 Å². The Labute approximate surface area is 132 Å². The summed E-state index contributed by atoms with van der Waals surface area (Å²) in [5, 5.41) is 8.94. The van der Waals surface area contributed by atoms with E-state index in [0.29, 0.717) is 0 Å². The minimum absolute atomic E-state index is 0.251. The van der Waals surface area contributed by atoms with E-state index >= 15 is 0 Å². The van der Waals surface area contributed by atoms with E-state index in [4.69, 9.17) is 5.11 Å². The zero-order valence-corrected chi connectivity index (χ0v) is 13.7. The van der Waals surface area contributed by atoms with Gasteiger partial charge in [0.25, 0.3) is 0 Å². The summed E-state index contributed by atoms with van der Waals surface area (Å²) in [4.78, 5) is 10.5. The first-order chi connectivity index (χ1) is 9.49. The maximum atomic E-state index is 12.4. The number of carbonyl (C=O) groups is 1. The molecule has 10 heteroatoms. The third kappa shape index (κ3) is 4.54. The van der Waals surface area contributed by atoms with Crippen LogP contribution in [0.2, 0.25) is 0 Å². The molecule has 5 nitrogen and oxygen atoms in total. The lowest BCUT2D eigenvalue weighted by molar-refractivity contribution is -0.135. The maximum Gasteiger partial charge on any atom is 0.402 e. The van der Waals surface area contributed by atoms with Gasteiger partial charge >= 0.3 is 12.1 Å². The van der Waals surface area contributed by atoms with Crippen molar-refractivity contribution in [2.75, 3.05) is 13.1 Å². The fourth-order valence-electron chi connectivity index (χ4n) is 1.54. The van der Waals surface area contributed by atoms with Crippen LogP contribution in [0.1, 0.15) is 17.3 Å². The van der Waals surface area contributed by atoms with Gasteiger partial charge < -0.3 is 5.11 Å². The first kappa shape index (κ1) is 18.2. The predicted octanol–water partition coefficient (Wildman–Crippen LogP) is 2.56. The molecule has 0 heterocycles. The van der Waals surface area contributed by atoms with Crippen molar-refractivity contribution in [3.8, 4) is 0 Å². The predicted molar refractivity (Wildman–Crippen MR) is 76.6 cm³/mol. The molecule has 0 aliphatic rings. The van der Waals surface area contributed by atoms with E-state index in [1.807, 2.05) is 0 Å². The van der Waals surface area contributed by atoms with Crippen molar-refractivity contribution in [1.82, 2.24) is 4.31 Å². The molecule has 1 N–H and O–H groups in total. The number of rotatable bonds is 5. The highest BCUT2D eigenvalue weighted by molar-refractivity contribution is 14.1. The van der Waals surface area contributed by atoms with E-state index in [1.54, 1.807) is 22.6 Å². The largest absolute Gasteiger partial charge is 0.478 e. The number of aromatic carboxylic acids is 1. The van der Waals surface area contributed by atoms with Gasteiger partial charge in [-0.3, -0.25) is 0 Å². The fraction of sp³-hybridized carbons (Fsp3) is 0.364. The van der Waals surface area contributed by atoms with Gasteiger partial charge in [-0.1, -0.05) is 6.92 Å². The standard InChI is InChI=1S/C11H11F3INO4S/c1-2-16(6-11(12,13)14)21(19,20)7-3-4-9(15)8(5-7)10(17)18/h3-5H,2,6H2,1H3,(H,17,18). The molecule has 1 rings (SSSR count). The molecule has 0 aliphatic heterocycles. The van der Waals surface area contributed by atoms with Crippen molar-refractivity contribution in [3.05, 3.63) is 27.3 Å². The summed E-state index contributed by atoms with van der Waals surface area (Å²) >= 11 is 1.70. The monoisotopic (exact) mass is 437 g/mol. The van der Waals surface area contributed by atoms with Gasteiger partial charge in [-0.15, -0.1) is 0 Å². The molecule has 0 aromatic heterocycles. The van der Waals surface area contributed by atoms with Crippen molar-refractivity contribution in [2.24, 2.45) is 0 Å². The number of carboxylic acid groups (broad SMARTS) is 1.